The normalized spacial score (nSPS) is 17.3. The molecule has 16 heavy (non-hydrogen) atoms. The molecule has 2 nitrogen and oxygen atoms in total. The molecular weight excluding hydrogens is 198 g/mol. The van der Waals surface area contributed by atoms with Crippen LogP contribution in [-0.2, 0) is 6.54 Å². The molecular formula is C14H18NO. The molecule has 1 fully saturated rings. The van der Waals surface area contributed by atoms with Crippen molar-refractivity contribution in [2.75, 3.05) is 13.1 Å². The van der Waals surface area contributed by atoms with Gasteiger partial charge in [0.2, 0.25) is 0 Å². The molecule has 0 atom stereocenters. The molecule has 1 saturated heterocycles. The minimum Gasteiger partial charge on any atom is -0.299 e. The molecule has 0 bridgehead atoms. The van der Waals surface area contributed by atoms with Crippen LogP contribution in [0.2, 0.25) is 0 Å². The highest BCUT2D eigenvalue weighted by Gasteiger charge is 2.10. The van der Waals surface area contributed by atoms with Gasteiger partial charge in [0, 0.05) is 19.0 Å². The van der Waals surface area contributed by atoms with Crippen molar-refractivity contribution in [3.63, 3.8) is 0 Å². The molecule has 2 heteroatoms. The number of hydrogen-bond acceptors (Lipinski definition) is 2. The maximum Gasteiger partial charge on any atom is 0.163 e. The number of likely N-dealkylation sites (tertiary alicyclic amines) is 1. The van der Waals surface area contributed by atoms with Crippen molar-refractivity contribution in [3.05, 3.63) is 42.3 Å². The van der Waals surface area contributed by atoms with Crippen LogP contribution in [0, 0.1) is 6.92 Å². The summed E-state index contributed by atoms with van der Waals surface area (Å²) < 4.78 is 0. The van der Waals surface area contributed by atoms with E-state index >= 15 is 0 Å². The van der Waals surface area contributed by atoms with E-state index in [1.807, 2.05) is 24.3 Å². The van der Waals surface area contributed by atoms with Gasteiger partial charge >= 0.3 is 0 Å². The molecule has 0 spiro atoms. The van der Waals surface area contributed by atoms with Gasteiger partial charge in [0.05, 0.1) is 0 Å². The number of nitrogens with zero attached hydrogens (tertiary/aromatic N) is 1. The summed E-state index contributed by atoms with van der Waals surface area (Å²) in [4.78, 5) is 13.5. The first-order valence-corrected chi connectivity index (χ1v) is 5.93. The van der Waals surface area contributed by atoms with Crippen LogP contribution in [0.3, 0.4) is 0 Å². The van der Waals surface area contributed by atoms with Gasteiger partial charge < -0.3 is 0 Å². The molecule has 85 valence electrons. The second-order valence-electron chi connectivity index (χ2n) is 4.46. The summed E-state index contributed by atoms with van der Waals surface area (Å²) in [5, 5.41) is 0. The summed E-state index contributed by atoms with van der Waals surface area (Å²) in [6, 6.07) is 7.81. The predicted molar refractivity (Wildman–Crippen MR) is 65.3 cm³/mol. The average Bonchev–Trinajstić information content (AvgIpc) is 2.31. The largest absolute Gasteiger partial charge is 0.299 e. The molecule has 0 aliphatic carbocycles. The number of benzene rings is 1. The third kappa shape index (κ3) is 2.92. The second kappa shape index (κ2) is 5.26. The Balaban J connectivity index is 1.96. The predicted octanol–water partition coefficient (Wildman–Crippen LogP) is 2.69. The molecule has 0 saturated carbocycles. The van der Waals surface area contributed by atoms with Gasteiger partial charge in [-0.25, -0.2) is 0 Å². The zero-order chi connectivity index (χ0) is 11.4. The first-order chi connectivity index (χ1) is 7.75. The van der Waals surface area contributed by atoms with E-state index in [0.717, 1.165) is 6.54 Å². The van der Waals surface area contributed by atoms with Crippen molar-refractivity contribution >= 4 is 5.78 Å². The minimum atomic E-state index is -0.107. The quantitative estimate of drug-likeness (QED) is 0.724. The fraction of sp³-hybridized carbons (Fsp3) is 0.429. The minimum absolute atomic E-state index is 0.107. The Hall–Kier alpha value is -1.15. The number of ketones is 1. The SMILES string of the molecule is [CH2]C(=O)c1ccc(CN2CCCCC2)cc1. The number of carbonyl (C=O) groups is 1. The highest BCUT2D eigenvalue weighted by Crippen LogP contribution is 2.13. The Morgan fingerprint density at radius 2 is 1.75 bits per heavy atom. The third-order valence-corrected chi connectivity index (χ3v) is 3.13. The van der Waals surface area contributed by atoms with E-state index in [4.69, 9.17) is 0 Å². The van der Waals surface area contributed by atoms with E-state index in [1.165, 1.54) is 37.9 Å². The van der Waals surface area contributed by atoms with Crippen molar-refractivity contribution in [1.29, 1.82) is 0 Å². The van der Waals surface area contributed by atoms with Crippen molar-refractivity contribution < 1.29 is 4.79 Å². The van der Waals surface area contributed by atoms with Gasteiger partial charge in [0.1, 0.15) is 0 Å². The monoisotopic (exact) mass is 216 g/mol. The Morgan fingerprint density at radius 3 is 2.31 bits per heavy atom. The summed E-state index contributed by atoms with van der Waals surface area (Å²) in [5.41, 5.74) is 1.98. The van der Waals surface area contributed by atoms with E-state index < -0.39 is 0 Å². The van der Waals surface area contributed by atoms with Crippen LogP contribution in [0.5, 0.6) is 0 Å². The summed E-state index contributed by atoms with van der Waals surface area (Å²) in [6.45, 7) is 6.82. The van der Waals surface area contributed by atoms with E-state index in [0.29, 0.717) is 5.56 Å². The van der Waals surface area contributed by atoms with E-state index in [1.54, 1.807) is 0 Å². The van der Waals surface area contributed by atoms with Crippen molar-refractivity contribution in [3.8, 4) is 0 Å². The van der Waals surface area contributed by atoms with E-state index in [-0.39, 0.29) is 5.78 Å². The lowest BCUT2D eigenvalue weighted by Gasteiger charge is -2.26. The highest BCUT2D eigenvalue weighted by atomic mass is 16.1. The van der Waals surface area contributed by atoms with Gasteiger partial charge in [-0.15, -0.1) is 0 Å². The maximum atomic E-state index is 11.0. The zero-order valence-corrected chi connectivity index (χ0v) is 9.61. The highest BCUT2D eigenvalue weighted by molar-refractivity contribution is 5.99. The van der Waals surface area contributed by atoms with Crippen LogP contribution in [0.25, 0.3) is 0 Å². The number of rotatable bonds is 3. The van der Waals surface area contributed by atoms with Gasteiger partial charge in [-0.05, 0) is 31.5 Å². The van der Waals surface area contributed by atoms with E-state index in [2.05, 4.69) is 11.8 Å². The smallest absolute Gasteiger partial charge is 0.163 e. The molecule has 0 unspecified atom stereocenters. The first kappa shape index (κ1) is 11.3. The van der Waals surface area contributed by atoms with Crippen LogP contribution >= 0.6 is 0 Å². The molecule has 1 aromatic carbocycles. The molecule has 0 aromatic heterocycles. The van der Waals surface area contributed by atoms with Crippen LogP contribution in [0.15, 0.2) is 24.3 Å². The fourth-order valence-electron chi connectivity index (χ4n) is 2.17. The maximum absolute atomic E-state index is 11.0. The Kier molecular flexibility index (Phi) is 3.73. The number of carbonyl (C=O) groups excluding carboxylic acids is 1. The van der Waals surface area contributed by atoms with Crippen LogP contribution in [0.4, 0.5) is 0 Å². The summed E-state index contributed by atoms with van der Waals surface area (Å²) >= 11 is 0. The third-order valence-electron chi connectivity index (χ3n) is 3.13. The molecule has 0 N–H and O–H groups in total. The zero-order valence-electron chi connectivity index (χ0n) is 9.61. The van der Waals surface area contributed by atoms with Gasteiger partial charge in [-0.3, -0.25) is 9.69 Å². The molecule has 1 aliphatic heterocycles. The van der Waals surface area contributed by atoms with Crippen LogP contribution in [-0.4, -0.2) is 23.8 Å². The van der Waals surface area contributed by atoms with Crippen molar-refractivity contribution in [2.45, 2.75) is 25.8 Å². The van der Waals surface area contributed by atoms with Gasteiger partial charge in [0.25, 0.3) is 0 Å². The standard InChI is InChI=1S/C14H18NO/c1-12(16)14-7-5-13(6-8-14)11-15-9-3-2-4-10-15/h5-8H,1-4,9-11H2. The lowest BCUT2D eigenvalue weighted by atomic mass is 10.1. The number of Topliss-reactive ketones (excluding diaryl/α,β-unsaturated/α-hetero) is 1. The fourth-order valence-corrected chi connectivity index (χ4v) is 2.17. The van der Waals surface area contributed by atoms with Crippen molar-refractivity contribution in [1.82, 2.24) is 4.90 Å². The number of piperidine rings is 1. The molecule has 1 aromatic rings. The summed E-state index contributed by atoms with van der Waals surface area (Å²) in [6.07, 6.45) is 4.00. The average molecular weight is 216 g/mol. The molecule has 1 aliphatic rings. The van der Waals surface area contributed by atoms with Crippen molar-refractivity contribution in [2.24, 2.45) is 0 Å². The molecule has 2 rings (SSSR count). The molecule has 1 heterocycles. The first-order valence-electron chi connectivity index (χ1n) is 5.93. The lowest BCUT2D eigenvalue weighted by molar-refractivity contribution is 0.104. The Labute approximate surface area is 97.3 Å². The topological polar surface area (TPSA) is 20.3 Å². The summed E-state index contributed by atoms with van der Waals surface area (Å²) in [7, 11) is 0. The summed E-state index contributed by atoms with van der Waals surface area (Å²) in [5.74, 6) is -0.107. The van der Waals surface area contributed by atoms with Crippen LogP contribution in [0.1, 0.15) is 35.2 Å². The lowest BCUT2D eigenvalue weighted by Crippen LogP contribution is -2.29. The number of hydrogen-bond donors (Lipinski definition) is 0. The van der Waals surface area contributed by atoms with Crippen LogP contribution < -0.4 is 0 Å². The van der Waals surface area contributed by atoms with Gasteiger partial charge in [-0.2, -0.15) is 0 Å². The van der Waals surface area contributed by atoms with Gasteiger partial charge in [-0.1, -0.05) is 30.7 Å². The van der Waals surface area contributed by atoms with E-state index in [9.17, 15) is 4.79 Å². The second-order valence-corrected chi connectivity index (χ2v) is 4.46. The Morgan fingerprint density at radius 1 is 1.12 bits per heavy atom. The van der Waals surface area contributed by atoms with Gasteiger partial charge in [0.15, 0.2) is 5.78 Å². The Bertz CT molecular complexity index is 350. The molecule has 0 amide bonds. The molecule has 1 radical (unpaired) electrons.